The third-order valence-electron chi connectivity index (χ3n) is 7.17. The Labute approximate surface area is 211 Å². The fraction of sp³-hybridized carbons (Fsp3) is 0.600. The van der Waals surface area contributed by atoms with Gasteiger partial charge >= 0.3 is 0 Å². The van der Waals surface area contributed by atoms with Crippen molar-refractivity contribution in [3.8, 4) is 0 Å². The number of nitrogens with one attached hydrogen (secondary N) is 2. The molecule has 1 atom stereocenters. The number of hydrogen-bond donors (Lipinski definition) is 2. The zero-order valence-corrected chi connectivity index (χ0v) is 21.2. The summed E-state index contributed by atoms with van der Waals surface area (Å²) in [5, 5.41) is 7.28. The molecule has 0 radical (unpaired) electrons. The van der Waals surface area contributed by atoms with Gasteiger partial charge in [0.1, 0.15) is 11.6 Å². The van der Waals surface area contributed by atoms with Crippen LogP contribution in [0.1, 0.15) is 23.7 Å². The van der Waals surface area contributed by atoms with Gasteiger partial charge in [-0.3, -0.25) is 9.80 Å². The van der Waals surface area contributed by atoms with Crippen molar-refractivity contribution in [1.82, 2.24) is 25.1 Å². The molecule has 4 heterocycles. The number of halogens is 2. The van der Waals surface area contributed by atoms with Gasteiger partial charge in [-0.15, -0.1) is 0 Å². The summed E-state index contributed by atoms with van der Waals surface area (Å²) in [6.07, 6.45) is 1.17. The minimum Gasteiger partial charge on any atom is -0.374 e. The highest BCUT2D eigenvalue weighted by atomic mass is 35.5. The van der Waals surface area contributed by atoms with Gasteiger partial charge in [0.25, 0.3) is 0 Å². The molecule has 190 valence electrons. The Morgan fingerprint density at radius 3 is 2.83 bits per heavy atom. The van der Waals surface area contributed by atoms with Crippen LogP contribution in [0.4, 0.5) is 16.2 Å². The first-order chi connectivity index (χ1) is 17.1. The first kappa shape index (κ1) is 24.6. The summed E-state index contributed by atoms with van der Waals surface area (Å²) in [6, 6.07) is 4.49. The lowest BCUT2D eigenvalue weighted by molar-refractivity contribution is -0.0423. The quantitative estimate of drug-likeness (QED) is 0.597. The summed E-state index contributed by atoms with van der Waals surface area (Å²) in [5.41, 5.74) is 3.04. The summed E-state index contributed by atoms with van der Waals surface area (Å²) in [7, 11) is 0. The van der Waals surface area contributed by atoms with E-state index in [2.05, 4.69) is 32.3 Å². The van der Waals surface area contributed by atoms with E-state index in [4.69, 9.17) is 26.3 Å². The highest BCUT2D eigenvalue weighted by molar-refractivity contribution is 6.31. The highest BCUT2D eigenvalue weighted by Crippen LogP contribution is 2.26. The van der Waals surface area contributed by atoms with Crippen molar-refractivity contribution in [2.24, 2.45) is 0 Å². The van der Waals surface area contributed by atoms with Gasteiger partial charge in [-0.2, -0.15) is 4.98 Å². The zero-order valence-electron chi connectivity index (χ0n) is 20.4. The number of rotatable bonds is 7. The maximum absolute atomic E-state index is 13.4. The Bertz CT molecular complexity index is 1020. The lowest BCUT2D eigenvalue weighted by Gasteiger charge is -2.39. The van der Waals surface area contributed by atoms with E-state index in [1.807, 2.05) is 0 Å². The van der Waals surface area contributed by atoms with Crippen molar-refractivity contribution in [1.29, 1.82) is 0 Å². The maximum atomic E-state index is 13.4. The standard InChI is InChI=1S/C25H35ClFN7O/c1-2-32-11-12-35-20(16-32)17-33-7-9-34(10-8-33)25-30-23-5-6-28-15-21(23)24(31-25)29-14-18-3-4-19(27)13-22(18)26/h3-4,13,20,28H,2,5-12,14-17H2,1H3,(H,29,30,31)/t20-/m0/s1. The van der Waals surface area contributed by atoms with Crippen LogP contribution >= 0.6 is 11.6 Å². The van der Waals surface area contributed by atoms with Crippen LogP contribution in [0, 0.1) is 5.82 Å². The number of ether oxygens (including phenoxy) is 1. The van der Waals surface area contributed by atoms with Crippen LogP contribution in [-0.2, 0) is 24.2 Å². The number of likely N-dealkylation sites (N-methyl/N-ethyl adjacent to an activating group) is 1. The summed E-state index contributed by atoms with van der Waals surface area (Å²) >= 11 is 6.24. The van der Waals surface area contributed by atoms with Gasteiger partial charge < -0.3 is 20.3 Å². The van der Waals surface area contributed by atoms with Crippen LogP contribution in [0.15, 0.2) is 18.2 Å². The van der Waals surface area contributed by atoms with Crippen LogP contribution in [0.5, 0.6) is 0 Å². The molecule has 2 N–H and O–H groups in total. The van der Waals surface area contributed by atoms with Gasteiger partial charge in [0.2, 0.25) is 5.95 Å². The van der Waals surface area contributed by atoms with Crippen LogP contribution in [0.3, 0.4) is 0 Å². The summed E-state index contributed by atoms with van der Waals surface area (Å²) in [6.45, 7) is 13.0. The molecule has 8 nitrogen and oxygen atoms in total. The Hall–Kier alpha value is -2.04. The second kappa shape index (κ2) is 11.3. The van der Waals surface area contributed by atoms with Crippen molar-refractivity contribution in [2.75, 3.05) is 75.7 Å². The molecule has 1 aromatic carbocycles. The van der Waals surface area contributed by atoms with Crippen LogP contribution in [-0.4, -0.2) is 91.4 Å². The molecule has 3 aliphatic heterocycles. The Kier molecular flexibility index (Phi) is 7.99. The van der Waals surface area contributed by atoms with E-state index >= 15 is 0 Å². The number of nitrogens with zero attached hydrogens (tertiary/aromatic N) is 5. The lowest BCUT2D eigenvalue weighted by Crippen LogP contribution is -2.52. The van der Waals surface area contributed by atoms with E-state index in [0.29, 0.717) is 11.6 Å². The van der Waals surface area contributed by atoms with Crippen LogP contribution in [0.2, 0.25) is 5.02 Å². The number of anilines is 2. The van der Waals surface area contributed by atoms with Crippen molar-refractivity contribution in [3.63, 3.8) is 0 Å². The van der Waals surface area contributed by atoms with Crippen molar-refractivity contribution in [3.05, 3.63) is 45.9 Å². The SMILES string of the molecule is CCN1CCO[C@H](CN2CCN(c3nc4c(c(NCc5ccc(F)cc5Cl)n3)CNCC4)CC2)C1. The van der Waals surface area contributed by atoms with E-state index < -0.39 is 0 Å². The first-order valence-electron chi connectivity index (χ1n) is 12.7. The van der Waals surface area contributed by atoms with E-state index in [1.165, 1.54) is 12.1 Å². The minimum atomic E-state index is -0.332. The molecule has 10 heteroatoms. The molecule has 0 saturated carbocycles. The average Bonchev–Trinajstić information content (AvgIpc) is 2.88. The molecule has 2 saturated heterocycles. The molecular weight excluding hydrogens is 469 g/mol. The number of piperazine rings is 1. The molecule has 1 aromatic heterocycles. The number of hydrogen-bond acceptors (Lipinski definition) is 8. The molecule has 5 rings (SSSR count). The molecule has 0 amide bonds. The van der Waals surface area contributed by atoms with Gasteiger partial charge in [-0.25, -0.2) is 9.37 Å². The average molecular weight is 504 g/mol. The monoisotopic (exact) mass is 503 g/mol. The van der Waals surface area contributed by atoms with Gasteiger partial charge in [-0.1, -0.05) is 24.6 Å². The summed E-state index contributed by atoms with van der Waals surface area (Å²) < 4.78 is 19.4. The molecule has 0 bridgehead atoms. The molecular formula is C25H35ClFN7O. The Balaban J connectivity index is 1.24. The predicted molar refractivity (Wildman–Crippen MR) is 137 cm³/mol. The van der Waals surface area contributed by atoms with Gasteiger partial charge in [0, 0.05) is 82.5 Å². The molecule has 2 aromatic rings. The maximum Gasteiger partial charge on any atom is 0.227 e. The highest BCUT2D eigenvalue weighted by Gasteiger charge is 2.26. The number of benzene rings is 1. The number of fused-ring (bicyclic) bond motifs is 1. The van der Waals surface area contributed by atoms with Crippen molar-refractivity contribution < 1.29 is 9.13 Å². The largest absolute Gasteiger partial charge is 0.374 e. The smallest absolute Gasteiger partial charge is 0.227 e. The Morgan fingerprint density at radius 2 is 2.03 bits per heavy atom. The molecule has 35 heavy (non-hydrogen) atoms. The molecule has 0 aliphatic carbocycles. The van der Waals surface area contributed by atoms with Crippen LogP contribution < -0.4 is 15.5 Å². The predicted octanol–water partition coefficient (Wildman–Crippen LogP) is 2.37. The van der Waals surface area contributed by atoms with Crippen molar-refractivity contribution in [2.45, 2.75) is 32.5 Å². The zero-order chi connectivity index (χ0) is 24.2. The fourth-order valence-electron chi connectivity index (χ4n) is 5.06. The lowest BCUT2D eigenvalue weighted by atomic mass is 10.1. The normalized spacial score (nSPS) is 21.7. The second-order valence-electron chi connectivity index (χ2n) is 9.49. The Morgan fingerprint density at radius 1 is 1.17 bits per heavy atom. The molecule has 0 spiro atoms. The first-order valence-corrected chi connectivity index (χ1v) is 13.1. The van der Waals surface area contributed by atoms with E-state index in [1.54, 1.807) is 6.07 Å². The fourth-order valence-corrected chi connectivity index (χ4v) is 5.29. The van der Waals surface area contributed by atoms with Crippen LogP contribution in [0.25, 0.3) is 0 Å². The summed E-state index contributed by atoms with van der Waals surface area (Å²) in [5.74, 6) is 1.28. The number of morpholine rings is 1. The van der Waals surface area contributed by atoms with Gasteiger partial charge in [0.05, 0.1) is 18.4 Å². The third-order valence-corrected chi connectivity index (χ3v) is 7.52. The molecule has 3 aliphatic rings. The molecule has 2 fully saturated rings. The van der Waals surface area contributed by atoms with Gasteiger partial charge in [-0.05, 0) is 24.2 Å². The van der Waals surface area contributed by atoms with Gasteiger partial charge in [0.15, 0.2) is 0 Å². The topological polar surface area (TPSA) is 68.8 Å². The molecule has 0 unspecified atom stereocenters. The van der Waals surface area contributed by atoms with E-state index in [0.717, 1.165) is 107 Å². The third kappa shape index (κ3) is 6.03. The second-order valence-corrected chi connectivity index (χ2v) is 9.89. The minimum absolute atomic E-state index is 0.289. The van der Waals surface area contributed by atoms with E-state index in [-0.39, 0.29) is 11.9 Å². The number of aromatic nitrogens is 2. The summed E-state index contributed by atoms with van der Waals surface area (Å²) in [4.78, 5) is 17.1. The van der Waals surface area contributed by atoms with Crippen molar-refractivity contribution >= 4 is 23.4 Å². The van der Waals surface area contributed by atoms with E-state index in [9.17, 15) is 4.39 Å².